The van der Waals surface area contributed by atoms with E-state index < -0.39 is 0 Å². The van der Waals surface area contributed by atoms with Gasteiger partial charge in [0.05, 0.1) is 6.61 Å². The van der Waals surface area contributed by atoms with Gasteiger partial charge in [-0.2, -0.15) is 0 Å². The molecule has 2 heteroatoms. The Kier molecular flexibility index (Phi) is 4.90. The van der Waals surface area contributed by atoms with Gasteiger partial charge in [0.15, 0.2) is 0 Å². The molecule has 2 rings (SSSR count). The van der Waals surface area contributed by atoms with Gasteiger partial charge in [-0.15, -0.1) is 0 Å². The standard InChI is InChI=1S/C15H21BrO/c1-2-17-15-9-7-14(8-10-15)13-5-3-12(11-16)4-6-13/h7-10,12-13H,2-6,11H2,1H3. The monoisotopic (exact) mass is 296 g/mol. The molecule has 1 aromatic carbocycles. The second-order valence-electron chi connectivity index (χ2n) is 4.87. The molecule has 1 saturated carbocycles. The summed E-state index contributed by atoms with van der Waals surface area (Å²) in [6.45, 7) is 2.77. The molecule has 0 N–H and O–H groups in total. The lowest BCUT2D eigenvalue weighted by molar-refractivity contribution is 0.338. The number of halogens is 1. The SMILES string of the molecule is CCOc1ccc(C2CCC(CBr)CC2)cc1. The smallest absolute Gasteiger partial charge is 0.119 e. The summed E-state index contributed by atoms with van der Waals surface area (Å²) in [5, 5.41) is 1.17. The Morgan fingerprint density at radius 1 is 1.12 bits per heavy atom. The van der Waals surface area contributed by atoms with Crippen LogP contribution in [0.1, 0.15) is 44.1 Å². The summed E-state index contributed by atoms with van der Waals surface area (Å²) in [5.41, 5.74) is 1.49. The minimum Gasteiger partial charge on any atom is -0.494 e. The fourth-order valence-corrected chi connectivity index (χ4v) is 3.30. The van der Waals surface area contributed by atoms with Gasteiger partial charge in [-0.1, -0.05) is 28.1 Å². The first kappa shape index (κ1) is 12.9. The van der Waals surface area contributed by atoms with Crippen LogP contribution in [0.15, 0.2) is 24.3 Å². The summed E-state index contributed by atoms with van der Waals surface area (Å²) in [6, 6.07) is 8.69. The van der Waals surface area contributed by atoms with Crippen LogP contribution in [0.2, 0.25) is 0 Å². The maximum Gasteiger partial charge on any atom is 0.119 e. The number of rotatable bonds is 4. The summed E-state index contributed by atoms with van der Waals surface area (Å²) in [7, 11) is 0. The molecule has 1 aliphatic carbocycles. The van der Waals surface area contributed by atoms with E-state index in [0.717, 1.165) is 24.2 Å². The van der Waals surface area contributed by atoms with Crippen molar-refractivity contribution in [3.63, 3.8) is 0 Å². The molecule has 94 valence electrons. The maximum absolute atomic E-state index is 5.48. The molecule has 17 heavy (non-hydrogen) atoms. The van der Waals surface area contributed by atoms with Gasteiger partial charge < -0.3 is 4.74 Å². The molecule has 0 heterocycles. The fourth-order valence-electron chi connectivity index (χ4n) is 2.65. The molecule has 0 aliphatic heterocycles. The average molecular weight is 297 g/mol. The minimum atomic E-state index is 0.746. The predicted octanol–water partition coefficient (Wildman–Crippen LogP) is 4.75. The third-order valence-electron chi connectivity index (χ3n) is 3.73. The van der Waals surface area contributed by atoms with E-state index in [9.17, 15) is 0 Å². The van der Waals surface area contributed by atoms with E-state index in [1.807, 2.05) is 6.92 Å². The van der Waals surface area contributed by atoms with Gasteiger partial charge in [-0.25, -0.2) is 0 Å². The largest absolute Gasteiger partial charge is 0.494 e. The molecule has 0 aromatic heterocycles. The van der Waals surface area contributed by atoms with Gasteiger partial charge in [0.1, 0.15) is 5.75 Å². The summed E-state index contributed by atoms with van der Waals surface area (Å²) in [4.78, 5) is 0. The highest BCUT2D eigenvalue weighted by atomic mass is 79.9. The van der Waals surface area contributed by atoms with Crippen LogP contribution >= 0.6 is 15.9 Å². The number of hydrogen-bond acceptors (Lipinski definition) is 1. The van der Waals surface area contributed by atoms with E-state index in [4.69, 9.17) is 4.74 Å². The van der Waals surface area contributed by atoms with Crippen LogP contribution in [-0.4, -0.2) is 11.9 Å². The fraction of sp³-hybridized carbons (Fsp3) is 0.600. The molecule has 0 saturated heterocycles. The topological polar surface area (TPSA) is 9.23 Å². The van der Waals surface area contributed by atoms with Crippen molar-refractivity contribution >= 4 is 15.9 Å². The summed E-state index contributed by atoms with van der Waals surface area (Å²) in [5.74, 6) is 2.65. The molecule has 0 amide bonds. The molecule has 0 bridgehead atoms. The Hall–Kier alpha value is -0.500. The van der Waals surface area contributed by atoms with Crippen molar-refractivity contribution in [1.82, 2.24) is 0 Å². The quantitative estimate of drug-likeness (QED) is 0.728. The zero-order chi connectivity index (χ0) is 12.1. The van der Waals surface area contributed by atoms with Gasteiger partial charge in [0, 0.05) is 5.33 Å². The third kappa shape index (κ3) is 3.48. The van der Waals surface area contributed by atoms with Crippen LogP contribution in [-0.2, 0) is 0 Å². The molecule has 1 aromatic rings. The Labute approximate surface area is 113 Å². The molecule has 0 spiro atoms. The van der Waals surface area contributed by atoms with Crippen molar-refractivity contribution < 1.29 is 4.74 Å². The number of hydrogen-bond donors (Lipinski definition) is 0. The van der Waals surface area contributed by atoms with E-state index in [1.165, 1.54) is 36.6 Å². The first-order chi connectivity index (χ1) is 8.33. The second kappa shape index (κ2) is 6.44. The first-order valence-corrected chi connectivity index (χ1v) is 7.74. The van der Waals surface area contributed by atoms with Gasteiger partial charge >= 0.3 is 0 Å². The highest BCUT2D eigenvalue weighted by Gasteiger charge is 2.21. The van der Waals surface area contributed by atoms with Crippen LogP contribution in [0.4, 0.5) is 0 Å². The zero-order valence-corrected chi connectivity index (χ0v) is 12.1. The lowest BCUT2D eigenvalue weighted by Gasteiger charge is -2.27. The van der Waals surface area contributed by atoms with Crippen LogP contribution in [0.25, 0.3) is 0 Å². The predicted molar refractivity (Wildman–Crippen MR) is 76.1 cm³/mol. The lowest BCUT2D eigenvalue weighted by atomic mass is 9.79. The molecule has 1 aliphatic rings. The van der Waals surface area contributed by atoms with Crippen molar-refractivity contribution in [3.05, 3.63) is 29.8 Å². The maximum atomic E-state index is 5.48. The summed E-state index contributed by atoms with van der Waals surface area (Å²) < 4.78 is 5.48. The van der Waals surface area contributed by atoms with Crippen molar-refractivity contribution in [3.8, 4) is 5.75 Å². The van der Waals surface area contributed by atoms with E-state index in [-0.39, 0.29) is 0 Å². The van der Waals surface area contributed by atoms with Gasteiger partial charge in [0.25, 0.3) is 0 Å². The highest BCUT2D eigenvalue weighted by molar-refractivity contribution is 9.09. The molecule has 1 nitrogen and oxygen atoms in total. The Bertz CT molecular complexity index is 325. The van der Waals surface area contributed by atoms with Crippen molar-refractivity contribution in [2.75, 3.05) is 11.9 Å². The Morgan fingerprint density at radius 3 is 2.29 bits per heavy atom. The van der Waals surface area contributed by atoms with Gasteiger partial charge in [-0.05, 0) is 62.1 Å². The van der Waals surface area contributed by atoms with E-state index in [2.05, 4.69) is 40.2 Å². The minimum absolute atomic E-state index is 0.746. The van der Waals surface area contributed by atoms with Crippen molar-refractivity contribution in [2.24, 2.45) is 5.92 Å². The first-order valence-electron chi connectivity index (χ1n) is 6.62. The molecule has 0 radical (unpaired) electrons. The van der Waals surface area contributed by atoms with Crippen molar-refractivity contribution in [1.29, 1.82) is 0 Å². The van der Waals surface area contributed by atoms with E-state index in [1.54, 1.807) is 0 Å². The zero-order valence-electron chi connectivity index (χ0n) is 10.5. The van der Waals surface area contributed by atoms with E-state index >= 15 is 0 Å². The molecular weight excluding hydrogens is 276 g/mol. The van der Waals surface area contributed by atoms with Crippen molar-refractivity contribution in [2.45, 2.75) is 38.5 Å². The highest BCUT2D eigenvalue weighted by Crippen LogP contribution is 2.36. The van der Waals surface area contributed by atoms with E-state index in [0.29, 0.717) is 0 Å². The van der Waals surface area contributed by atoms with Crippen LogP contribution in [0.3, 0.4) is 0 Å². The second-order valence-corrected chi connectivity index (χ2v) is 5.52. The van der Waals surface area contributed by atoms with Crippen LogP contribution in [0.5, 0.6) is 5.75 Å². The van der Waals surface area contributed by atoms with Gasteiger partial charge in [-0.3, -0.25) is 0 Å². The Morgan fingerprint density at radius 2 is 1.76 bits per heavy atom. The third-order valence-corrected chi connectivity index (χ3v) is 4.64. The summed E-state index contributed by atoms with van der Waals surface area (Å²) in [6.07, 6.45) is 5.40. The number of alkyl halides is 1. The number of benzene rings is 1. The summed E-state index contributed by atoms with van der Waals surface area (Å²) >= 11 is 3.60. The molecule has 0 unspecified atom stereocenters. The molecule has 1 fully saturated rings. The Balaban J connectivity index is 1.94. The average Bonchev–Trinajstić information content (AvgIpc) is 2.40. The number of ether oxygens (including phenoxy) is 1. The van der Waals surface area contributed by atoms with Crippen LogP contribution < -0.4 is 4.74 Å². The van der Waals surface area contributed by atoms with Crippen LogP contribution in [0, 0.1) is 5.92 Å². The molecular formula is C15H21BrO. The normalized spacial score (nSPS) is 24.6. The van der Waals surface area contributed by atoms with Gasteiger partial charge in [0.2, 0.25) is 0 Å². The lowest BCUT2D eigenvalue weighted by Crippen LogP contribution is -2.14. The molecule has 0 atom stereocenters.